The fourth-order valence-corrected chi connectivity index (χ4v) is 2.42. The highest BCUT2D eigenvalue weighted by molar-refractivity contribution is 5.95. The summed E-state index contributed by atoms with van der Waals surface area (Å²) < 4.78 is 14.0. The molecule has 1 aromatic rings. The van der Waals surface area contributed by atoms with Crippen molar-refractivity contribution in [3.05, 3.63) is 35.9 Å². The molecule has 126 valence electrons. The third-order valence-electron chi connectivity index (χ3n) is 3.68. The van der Waals surface area contributed by atoms with Gasteiger partial charge in [-0.2, -0.15) is 0 Å². The number of aryl methyl sites for hydroxylation is 1. The summed E-state index contributed by atoms with van der Waals surface area (Å²) in [5.74, 6) is -3.60. The molecule has 0 amide bonds. The quantitative estimate of drug-likeness (QED) is 0.412. The molecule has 6 nitrogen and oxygen atoms in total. The van der Waals surface area contributed by atoms with Crippen LogP contribution in [0.3, 0.4) is 0 Å². The molecular weight excluding hydrogens is 300 g/mol. The number of methoxy groups -OCH3 is 3. The first-order valence-electron chi connectivity index (χ1n) is 7.29. The Balaban J connectivity index is 2.93. The van der Waals surface area contributed by atoms with Crippen LogP contribution in [0.15, 0.2) is 30.3 Å². The van der Waals surface area contributed by atoms with Crippen LogP contribution in [0.4, 0.5) is 0 Å². The molecule has 1 atom stereocenters. The van der Waals surface area contributed by atoms with Crippen molar-refractivity contribution in [2.24, 2.45) is 11.8 Å². The van der Waals surface area contributed by atoms with Crippen molar-refractivity contribution in [3.8, 4) is 0 Å². The molecule has 0 aromatic heterocycles. The molecule has 0 aliphatic carbocycles. The Morgan fingerprint density at radius 3 is 1.96 bits per heavy atom. The molecule has 1 unspecified atom stereocenters. The number of benzene rings is 1. The van der Waals surface area contributed by atoms with E-state index in [-0.39, 0.29) is 6.42 Å². The lowest BCUT2D eigenvalue weighted by atomic mass is 9.84. The average molecular weight is 322 g/mol. The molecule has 0 saturated carbocycles. The summed E-state index contributed by atoms with van der Waals surface area (Å²) in [5.41, 5.74) is 1.05. The van der Waals surface area contributed by atoms with Crippen LogP contribution in [0, 0.1) is 11.8 Å². The van der Waals surface area contributed by atoms with Crippen molar-refractivity contribution in [3.63, 3.8) is 0 Å². The van der Waals surface area contributed by atoms with Crippen molar-refractivity contribution in [2.45, 2.75) is 19.3 Å². The molecule has 0 fully saturated rings. The highest BCUT2D eigenvalue weighted by atomic mass is 16.5. The van der Waals surface area contributed by atoms with E-state index in [1.807, 2.05) is 30.3 Å². The lowest BCUT2D eigenvalue weighted by Gasteiger charge is -2.22. The van der Waals surface area contributed by atoms with E-state index < -0.39 is 29.7 Å². The van der Waals surface area contributed by atoms with Crippen LogP contribution in [0.2, 0.25) is 0 Å². The zero-order valence-electron chi connectivity index (χ0n) is 13.6. The number of esters is 3. The van der Waals surface area contributed by atoms with Crippen molar-refractivity contribution in [1.29, 1.82) is 0 Å². The minimum absolute atomic E-state index is 0.0573. The monoisotopic (exact) mass is 322 g/mol. The summed E-state index contributed by atoms with van der Waals surface area (Å²) in [7, 11) is 3.66. The van der Waals surface area contributed by atoms with E-state index in [2.05, 4.69) is 4.74 Å². The van der Waals surface area contributed by atoms with Gasteiger partial charge in [-0.15, -0.1) is 0 Å². The third-order valence-corrected chi connectivity index (χ3v) is 3.68. The first-order valence-corrected chi connectivity index (χ1v) is 7.29. The number of ether oxygens (including phenoxy) is 3. The standard InChI is InChI=1S/C17H22O6/c1-21-14(18)11-13(10-9-12-7-5-4-6-8-12)15(16(19)22-2)17(20)23-3/h4-8,13,15H,9-11H2,1-3H3. The summed E-state index contributed by atoms with van der Waals surface area (Å²) >= 11 is 0. The summed E-state index contributed by atoms with van der Waals surface area (Å²) in [6, 6.07) is 9.60. The molecule has 1 aromatic carbocycles. The largest absolute Gasteiger partial charge is 0.469 e. The predicted octanol–water partition coefficient (Wildman–Crippen LogP) is 1.76. The fourth-order valence-electron chi connectivity index (χ4n) is 2.42. The van der Waals surface area contributed by atoms with E-state index >= 15 is 0 Å². The lowest BCUT2D eigenvalue weighted by molar-refractivity contribution is -0.162. The Morgan fingerprint density at radius 1 is 0.913 bits per heavy atom. The van der Waals surface area contributed by atoms with Crippen molar-refractivity contribution < 1.29 is 28.6 Å². The van der Waals surface area contributed by atoms with Gasteiger partial charge >= 0.3 is 17.9 Å². The number of carbonyl (C=O) groups is 3. The Morgan fingerprint density at radius 2 is 1.48 bits per heavy atom. The van der Waals surface area contributed by atoms with Gasteiger partial charge in [-0.3, -0.25) is 14.4 Å². The van der Waals surface area contributed by atoms with Crippen molar-refractivity contribution >= 4 is 17.9 Å². The zero-order chi connectivity index (χ0) is 17.2. The van der Waals surface area contributed by atoms with Gasteiger partial charge in [-0.1, -0.05) is 30.3 Å². The number of hydrogen-bond acceptors (Lipinski definition) is 6. The molecule has 0 spiro atoms. The molecule has 0 saturated heterocycles. The van der Waals surface area contributed by atoms with E-state index in [0.29, 0.717) is 12.8 Å². The van der Waals surface area contributed by atoms with Crippen molar-refractivity contribution in [2.75, 3.05) is 21.3 Å². The minimum atomic E-state index is -1.15. The second-order valence-electron chi connectivity index (χ2n) is 5.09. The predicted molar refractivity (Wildman–Crippen MR) is 82.4 cm³/mol. The first kappa shape index (κ1) is 18.7. The first-order chi connectivity index (χ1) is 11.0. The van der Waals surface area contributed by atoms with Crippen LogP contribution in [-0.4, -0.2) is 39.2 Å². The maximum absolute atomic E-state index is 12.0. The zero-order valence-corrected chi connectivity index (χ0v) is 13.6. The molecule has 0 heterocycles. The maximum Gasteiger partial charge on any atom is 0.320 e. The van der Waals surface area contributed by atoms with E-state index in [4.69, 9.17) is 9.47 Å². The molecule has 1 rings (SSSR count). The van der Waals surface area contributed by atoms with E-state index in [1.165, 1.54) is 21.3 Å². The lowest BCUT2D eigenvalue weighted by Crippen LogP contribution is -2.35. The summed E-state index contributed by atoms with van der Waals surface area (Å²) in [6.45, 7) is 0. The minimum Gasteiger partial charge on any atom is -0.469 e. The van der Waals surface area contributed by atoms with E-state index in [9.17, 15) is 14.4 Å². The highest BCUT2D eigenvalue weighted by Crippen LogP contribution is 2.25. The van der Waals surface area contributed by atoms with Gasteiger partial charge in [0.15, 0.2) is 5.92 Å². The van der Waals surface area contributed by atoms with Crippen LogP contribution >= 0.6 is 0 Å². The molecule has 0 bridgehead atoms. The molecule has 0 N–H and O–H groups in total. The van der Waals surface area contributed by atoms with Crippen LogP contribution in [0.5, 0.6) is 0 Å². The Bertz CT molecular complexity index is 509. The number of carbonyl (C=O) groups excluding carboxylic acids is 3. The van der Waals surface area contributed by atoms with Crippen LogP contribution in [0.1, 0.15) is 18.4 Å². The van der Waals surface area contributed by atoms with Gasteiger partial charge in [0.05, 0.1) is 21.3 Å². The Labute approximate surface area is 135 Å². The van der Waals surface area contributed by atoms with Crippen LogP contribution in [0.25, 0.3) is 0 Å². The van der Waals surface area contributed by atoms with Crippen LogP contribution in [-0.2, 0) is 35.0 Å². The van der Waals surface area contributed by atoms with Gasteiger partial charge in [0.2, 0.25) is 0 Å². The highest BCUT2D eigenvalue weighted by Gasteiger charge is 2.38. The number of rotatable bonds is 8. The number of hydrogen-bond donors (Lipinski definition) is 0. The SMILES string of the molecule is COC(=O)CC(CCc1ccccc1)C(C(=O)OC)C(=O)OC. The van der Waals surface area contributed by atoms with Gasteiger partial charge in [-0.05, 0) is 24.3 Å². The van der Waals surface area contributed by atoms with Crippen molar-refractivity contribution in [1.82, 2.24) is 0 Å². The van der Waals surface area contributed by atoms with E-state index in [0.717, 1.165) is 5.56 Å². The molecule has 6 heteroatoms. The Hall–Kier alpha value is -2.37. The van der Waals surface area contributed by atoms with Gasteiger partial charge in [0, 0.05) is 6.42 Å². The fraction of sp³-hybridized carbons (Fsp3) is 0.471. The van der Waals surface area contributed by atoms with E-state index in [1.54, 1.807) is 0 Å². The maximum atomic E-state index is 12.0. The average Bonchev–Trinajstić information content (AvgIpc) is 2.59. The normalized spacial score (nSPS) is 11.7. The molecule has 0 aliphatic rings. The second-order valence-corrected chi connectivity index (χ2v) is 5.09. The topological polar surface area (TPSA) is 78.9 Å². The molecular formula is C17H22O6. The second kappa shape index (κ2) is 9.61. The summed E-state index contributed by atoms with van der Waals surface area (Å²) in [6.07, 6.45) is 1.01. The van der Waals surface area contributed by atoms with Gasteiger partial charge in [0.25, 0.3) is 0 Å². The summed E-state index contributed by atoms with van der Waals surface area (Å²) in [4.78, 5) is 35.6. The van der Waals surface area contributed by atoms with Crippen LogP contribution < -0.4 is 0 Å². The molecule has 0 aliphatic heterocycles. The van der Waals surface area contributed by atoms with Gasteiger partial charge in [0.1, 0.15) is 0 Å². The molecule has 23 heavy (non-hydrogen) atoms. The molecule has 0 radical (unpaired) electrons. The summed E-state index contributed by atoms with van der Waals surface area (Å²) in [5, 5.41) is 0. The Kier molecular flexibility index (Phi) is 7.80. The smallest absolute Gasteiger partial charge is 0.320 e. The third kappa shape index (κ3) is 5.73. The van der Waals surface area contributed by atoms with Gasteiger partial charge in [-0.25, -0.2) is 0 Å². The van der Waals surface area contributed by atoms with Gasteiger partial charge < -0.3 is 14.2 Å².